The second-order valence-corrected chi connectivity index (χ2v) is 7.86. The number of piperidine rings is 1. The van der Waals surface area contributed by atoms with Crippen LogP contribution >= 0.6 is 24.0 Å². The van der Waals surface area contributed by atoms with Crippen molar-refractivity contribution in [2.45, 2.75) is 32.2 Å². The SMILES string of the molecule is COc1ccc(/C=C2/SC(=S)N(CN3CCCCC3C)C2=O)cc1. The van der Waals surface area contributed by atoms with Crippen LogP contribution in [0.4, 0.5) is 0 Å². The van der Waals surface area contributed by atoms with Gasteiger partial charge in [-0.2, -0.15) is 0 Å². The van der Waals surface area contributed by atoms with Gasteiger partial charge in [0, 0.05) is 12.6 Å². The minimum absolute atomic E-state index is 0.0126. The van der Waals surface area contributed by atoms with Crippen LogP contribution in [0.5, 0.6) is 5.75 Å². The number of nitrogens with zero attached hydrogens (tertiary/aromatic N) is 2. The number of rotatable bonds is 4. The summed E-state index contributed by atoms with van der Waals surface area (Å²) in [5, 5.41) is 0. The van der Waals surface area contributed by atoms with Crippen molar-refractivity contribution in [2.75, 3.05) is 20.3 Å². The van der Waals surface area contributed by atoms with Crippen LogP contribution in [0.2, 0.25) is 0 Å². The first kappa shape index (κ1) is 17.5. The van der Waals surface area contributed by atoms with Crippen LogP contribution in [-0.4, -0.2) is 46.4 Å². The zero-order chi connectivity index (χ0) is 17.1. The number of ether oxygens (including phenoxy) is 1. The number of hydrogen-bond acceptors (Lipinski definition) is 5. The summed E-state index contributed by atoms with van der Waals surface area (Å²) in [6, 6.07) is 8.18. The van der Waals surface area contributed by atoms with Gasteiger partial charge in [0.15, 0.2) is 0 Å². The lowest BCUT2D eigenvalue weighted by Crippen LogP contribution is -2.46. The Morgan fingerprint density at radius 2 is 2.08 bits per heavy atom. The summed E-state index contributed by atoms with van der Waals surface area (Å²) in [5.41, 5.74) is 0.975. The van der Waals surface area contributed by atoms with Crippen LogP contribution in [0.25, 0.3) is 6.08 Å². The fraction of sp³-hybridized carbons (Fsp3) is 0.444. The van der Waals surface area contributed by atoms with E-state index in [4.69, 9.17) is 17.0 Å². The molecular formula is C18H22N2O2S2. The van der Waals surface area contributed by atoms with Gasteiger partial charge in [-0.3, -0.25) is 14.6 Å². The molecule has 0 aromatic heterocycles. The molecule has 0 N–H and O–H groups in total. The number of hydrogen-bond donors (Lipinski definition) is 0. The van der Waals surface area contributed by atoms with Crippen LogP contribution in [0, 0.1) is 0 Å². The predicted octanol–water partition coefficient (Wildman–Crippen LogP) is 3.73. The number of amides is 1. The largest absolute Gasteiger partial charge is 0.497 e. The van der Waals surface area contributed by atoms with E-state index < -0.39 is 0 Å². The van der Waals surface area contributed by atoms with Crippen molar-refractivity contribution >= 4 is 40.3 Å². The summed E-state index contributed by atoms with van der Waals surface area (Å²) in [6.07, 6.45) is 5.56. The molecule has 1 unspecified atom stereocenters. The van der Waals surface area contributed by atoms with E-state index in [2.05, 4.69) is 11.8 Å². The molecule has 0 saturated carbocycles. The van der Waals surface area contributed by atoms with E-state index in [0.29, 0.717) is 21.9 Å². The molecule has 4 nitrogen and oxygen atoms in total. The lowest BCUT2D eigenvalue weighted by Gasteiger charge is -2.35. The van der Waals surface area contributed by atoms with Crippen molar-refractivity contribution in [1.29, 1.82) is 0 Å². The Labute approximate surface area is 152 Å². The quantitative estimate of drug-likeness (QED) is 0.602. The number of thiocarbonyl (C=S) groups is 1. The van der Waals surface area contributed by atoms with E-state index in [0.717, 1.165) is 17.9 Å². The van der Waals surface area contributed by atoms with E-state index in [1.807, 2.05) is 30.3 Å². The van der Waals surface area contributed by atoms with Gasteiger partial charge in [0.25, 0.3) is 5.91 Å². The maximum atomic E-state index is 12.7. The summed E-state index contributed by atoms with van der Waals surface area (Å²) >= 11 is 6.83. The summed E-state index contributed by atoms with van der Waals surface area (Å²) < 4.78 is 5.81. The van der Waals surface area contributed by atoms with E-state index in [9.17, 15) is 4.79 Å². The average Bonchev–Trinajstić information content (AvgIpc) is 2.85. The molecule has 2 heterocycles. The smallest absolute Gasteiger partial charge is 0.267 e. The number of benzene rings is 1. The highest BCUT2D eigenvalue weighted by Crippen LogP contribution is 2.33. The Kier molecular flexibility index (Phi) is 5.58. The fourth-order valence-corrected chi connectivity index (χ4v) is 4.26. The van der Waals surface area contributed by atoms with Crippen molar-refractivity contribution in [3.63, 3.8) is 0 Å². The molecule has 1 aromatic rings. The highest BCUT2D eigenvalue weighted by molar-refractivity contribution is 8.26. The number of methoxy groups -OCH3 is 1. The molecule has 3 rings (SSSR count). The average molecular weight is 363 g/mol. The van der Waals surface area contributed by atoms with Gasteiger partial charge in [-0.1, -0.05) is 42.5 Å². The van der Waals surface area contributed by atoms with Crippen molar-refractivity contribution in [2.24, 2.45) is 0 Å². The molecule has 1 aromatic carbocycles. The minimum atomic E-state index is 0.0126. The normalized spacial score (nSPS) is 24.0. The molecule has 0 radical (unpaired) electrons. The van der Waals surface area contributed by atoms with Gasteiger partial charge in [0.05, 0.1) is 18.7 Å². The molecule has 1 atom stereocenters. The van der Waals surface area contributed by atoms with Crippen molar-refractivity contribution in [3.05, 3.63) is 34.7 Å². The second kappa shape index (κ2) is 7.68. The van der Waals surface area contributed by atoms with Gasteiger partial charge in [0.2, 0.25) is 0 Å². The third-order valence-corrected chi connectivity index (χ3v) is 5.93. The fourth-order valence-electron chi connectivity index (χ4n) is 3.02. The topological polar surface area (TPSA) is 32.8 Å². The first-order valence-electron chi connectivity index (χ1n) is 8.22. The Bertz CT molecular complexity index is 657. The van der Waals surface area contributed by atoms with Crippen molar-refractivity contribution < 1.29 is 9.53 Å². The minimum Gasteiger partial charge on any atom is -0.497 e. The lowest BCUT2D eigenvalue weighted by atomic mass is 10.0. The Balaban J connectivity index is 1.71. The van der Waals surface area contributed by atoms with Gasteiger partial charge in [0.1, 0.15) is 10.1 Å². The summed E-state index contributed by atoms with van der Waals surface area (Å²) in [4.78, 5) is 17.5. The van der Waals surface area contributed by atoms with Crippen molar-refractivity contribution in [3.8, 4) is 5.75 Å². The molecule has 6 heteroatoms. The highest BCUT2D eigenvalue weighted by Gasteiger charge is 2.34. The molecule has 0 bridgehead atoms. The van der Waals surface area contributed by atoms with Crippen LogP contribution in [0.15, 0.2) is 29.2 Å². The van der Waals surface area contributed by atoms with E-state index in [1.165, 1.54) is 31.0 Å². The van der Waals surface area contributed by atoms with Crippen LogP contribution in [0.3, 0.4) is 0 Å². The number of thioether (sulfide) groups is 1. The summed E-state index contributed by atoms with van der Waals surface area (Å²) in [6.45, 7) is 3.87. The van der Waals surface area contributed by atoms with Crippen LogP contribution in [-0.2, 0) is 4.79 Å². The molecule has 2 aliphatic heterocycles. The molecule has 2 fully saturated rings. The Morgan fingerprint density at radius 1 is 1.33 bits per heavy atom. The first-order valence-corrected chi connectivity index (χ1v) is 9.44. The molecular weight excluding hydrogens is 340 g/mol. The van der Waals surface area contributed by atoms with Gasteiger partial charge in [-0.15, -0.1) is 0 Å². The third-order valence-electron chi connectivity index (χ3n) is 4.55. The monoisotopic (exact) mass is 362 g/mol. The molecule has 128 valence electrons. The van der Waals surface area contributed by atoms with Gasteiger partial charge in [-0.25, -0.2) is 0 Å². The molecule has 2 saturated heterocycles. The number of carbonyl (C=O) groups excluding carboxylic acids is 1. The molecule has 2 aliphatic rings. The maximum absolute atomic E-state index is 12.7. The van der Waals surface area contributed by atoms with E-state index in [1.54, 1.807) is 12.0 Å². The first-order chi connectivity index (χ1) is 11.6. The molecule has 1 amide bonds. The Morgan fingerprint density at radius 3 is 2.75 bits per heavy atom. The van der Waals surface area contributed by atoms with E-state index >= 15 is 0 Å². The number of likely N-dealkylation sites (tertiary alicyclic amines) is 1. The Hall–Kier alpha value is -1.37. The lowest BCUT2D eigenvalue weighted by molar-refractivity contribution is -0.124. The van der Waals surface area contributed by atoms with Crippen molar-refractivity contribution in [1.82, 2.24) is 9.80 Å². The third kappa shape index (κ3) is 3.82. The van der Waals surface area contributed by atoms with Crippen LogP contribution < -0.4 is 4.74 Å². The number of carbonyl (C=O) groups is 1. The highest BCUT2D eigenvalue weighted by atomic mass is 32.2. The predicted molar refractivity (Wildman–Crippen MR) is 103 cm³/mol. The summed E-state index contributed by atoms with van der Waals surface area (Å²) in [7, 11) is 1.64. The zero-order valence-electron chi connectivity index (χ0n) is 14.0. The van der Waals surface area contributed by atoms with E-state index in [-0.39, 0.29) is 5.91 Å². The van der Waals surface area contributed by atoms with Crippen LogP contribution in [0.1, 0.15) is 31.7 Å². The zero-order valence-corrected chi connectivity index (χ0v) is 15.7. The standard InChI is InChI=1S/C18H22N2O2S2/c1-13-5-3-4-10-19(13)12-20-17(21)16(24-18(20)23)11-14-6-8-15(22-2)9-7-14/h6-9,11,13H,3-5,10,12H2,1-2H3/b16-11+. The molecule has 0 aliphatic carbocycles. The maximum Gasteiger partial charge on any atom is 0.267 e. The summed E-state index contributed by atoms with van der Waals surface area (Å²) in [5.74, 6) is 0.817. The molecule has 0 spiro atoms. The van der Waals surface area contributed by atoms with Gasteiger partial charge >= 0.3 is 0 Å². The van der Waals surface area contributed by atoms with Gasteiger partial charge < -0.3 is 4.74 Å². The second-order valence-electron chi connectivity index (χ2n) is 6.18. The molecule has 24 heavy (non-hydrogen) atoms. The van der Waals surface area contributed by atoms with Gasteiger partial charge in [-0.05, 0) is 43.5 Å².